The number of hydrogen-bond acceptors (Lipinski definition) is 1. The first kappa shape index (κ1) is 10.5. The lowest BCUT2D eigenvalue weighted by Crippen LogP contribution is -2.17. The first-order chi connectivity index (χ1) is 4.79. The number of benzene rings is 1. The molecule has 1 atom stereocenters. The molecule has 1 rings (SSSR count). The predicted octanol–water partition coefficient (Wildman–Crippen LogP) is 1.69. The number of nitrogens with two attached hydrogens (primary N) is 1. The summed E-state index contributed by atoms with van der Waals surface area (Å²) in [6.07, 6.45) is 0.973. The van der Waals surface area contributed by atoms with Crippen LogP contribution in [0, 0.1) is 0 Å². The molecule has 0 aromatic heterocycles. The molecule has 2 N–H and O–H groups in total. The van der Waals surface area contributed by atoms with E-state index in [2.05, 4.69) is 12.1 Å². The van der Waals surface area contributed by atoms with Gasteiger partial charge >= 0.3 is 0 Å². The minimum Gasteiger partial charge on any atom is -0.328 e. The Hall–Kier alpha value is -0.470. The van der Waals surface area contributed by atoms with E-state index in [1.807, 2.05) is 25.1 Å². The van der Waals surface area contributed by atoms with E-state index in [0.717, 1.165) is 6.42 Å². The average Bonchev–Trinajstić information content (AvgIpc) is 1.88. The van der Waals surface area contributed by atoms with Crippen molar-refractivity contribution in [1.29, 1.82) is 0 Å². The molecule has 0 fully saturated rings. The minimum atomic E-state index is 0. The summed E-state index contributed by atoms with van der Waals surface area (Å²) in [4.78, 5) is 0. The summed E-state index contributed by atoms with van der Waals surface area (Å²) < 4.78 is 0. The van der Waals surface area contributed by atoms with Crippen molar-refractivity contribution >= 4 is 13.5 Å². The van der Waals surface area contributed by atoms with E-state index < -0.39 is 0 Å². The molecular weight excluding hydrogens is 154 g/mol. The van der Waals surface area contributed by atoms with Crippen molar-refractivity contribution in [3.8, 4) is 0 Å². The van der Waals surface area contributed by atoms with Crippen LogP contribution in [0.4, 0.5) is 0 Å². The van der Waals surface area contributed by atoms with Gasteiger partial charge in [0.05, 0.1) is 0 Å². The van der Waals surface area contributed by atoms with E-state index >= 15 is 0 Å². The van der Waals surface area contributed by atoms with Gasteiger partial charge in [-0.25, -0.2) is 0 Å². The molecule has 2 heteroatoms. The third-order valence-electron chi connectivity index (χ3n) is 1.40. The van der Waals surface area contributed by atoms with Crippen LogP contribution < -0.4 is 5.73 Å². The van der Waals surface area contributed by atoms with Crippen molar-refractivity contribution in [2.75, 3.05) is 0 Å². The van der Waals surface area contributed by atoms with E-state index in [1.165, 1.54) is 5.56 Å². The maximum Gasteiger partial charge on any atom is 0.00509 e. The van der Waals surface area contributed by atoms with Gasteiger partial charge in [0.25, 0.3) is 0 Å². The molecule has 1 nitrogen and oxygen atoms in total. The topological polar surface area (TPSA) is 26.0 Å². The van der Waals surface area contributed by atoms with Gasteiger partial charge in [0.1, 0.15) is 0 Å². The van der Waals surface area contributed by atoms with Crippen molar-refractivity contribution in [2.45, 2.75) is 19.4 Å². The Kier molecular flexibility index (Phi) is 4.99. The van der Waals surface area contributed by atoms with Gasteiger partial charge in [-0.2, -0.15) is 13.5 Å². The van der Waals surface area contributed by atoms with Crippen LogP contribution in [-0.4, -0.2) is 6.04 Å². The van der Waals surface area contributed by atoms with Gasteiger partial charge in [-0.3, -0.25) is 0 Å². The Morgan fingerprint density at radius 1 is 1.27 bits per heavy atom. The molecule has 11 heavy (non-hydrogen) atoms. The van der Waals surface area contributed by atoms with E-state index in [4.69, 9.17) is 5.73 Å². The molecule has 0 aliphatic carbocycles. The quantitative estimate of drug-likeness (QED) is 0.716. The summed E-state index contributed by atoms with van der Waals surface area (Å²) in [5, 5.41) is 0. The molecule has 1 unspecified atom stereocenters. The molecule has 0 amide bonds. The van der Waals surface area contributed by atoms with E-state index in [1.54, 1.807) is 0 Å². The third-order valence-corrected chi connectivity index (χ3v) is 1.40. The molecule has 1 aromatic rings. The standard InChI is InChI=1S/C9H13N.H2S/c1-8(10)7-9-5-3-2-4-6-9;/h2-6,8H,7,10H2,1H3;1H2. The fraction of sp³-hybridized carbons (Fsp3) is 0.333. The molecule has 0 bridgehead atoms. The zero-order chi connectivity index (χ0) is 7.40. The van der Waals surface area contributed by atoms with Crippen LogP contribution in [-0.2, 0) is 6.42 Å². The highest BCUT2D eigenvalue weighted by molar-refractivity contribution is 7.59. The van der Waals surface area contributed by atoms with Crippen molar-refractivity contribution in [3.63, 3.8) is 0 Å². The second kappa shape index (κ2) is 5.22. The number of rotatable bonds is 2. The van der Waals surface area contributed by atoms with Crippen molar-refractivity contribution in [2.24, 2.45) is 5.73 Å². The molecule has 1 aromatic carbocycles. The Bertz CT molecular complexity index is 184. The molecule has 0 radical (unpaired) electrons. The zero-order valence-corrected chi connectivity index (χ0v) is 7.75. The van der Waals surface area contributed by atoms with Gasteiger partial charge in [-0.05, 0) is 18.9 Å². The second-order valence-corrected chi connectivity index (χ2v) is 2.67. The van der Waals surface area contributed by atoms with Gasteiger partial charge in [0, 0.05) is 6.04 Å². The van der Waals surface area contributed by atoms with Crippen molar-refractivity contribution < 1.29 is 0 Å². The van der Waals surface area contributed by atoms with E-state index in [0.29, 0.717) is 0 Å². The summed E-state index contributed by atoms with van der Waals surface area (Å²) >= 11 is 0. The van der Waals surface area contributed by atoms with Crippen LogP contribution >= 0.6 is 13.5 Å². The smallest absolute Gasteiger partial charge is 0.00509 e. The summed E-state index contributed by atoms with van der Waals surface area (Å²) in [6, 6.07) is 10.6. The van der Waals surface area contributed by atoms with Gasteiger partial charge in [-0.15, -0.1) is 0 Å². The molecule has 0 spiro atoms. The lowest BCUT2D eigenvalue weighted by molar-refractivity contribution is 0.738. The monoisotopic (exact) mass is 169 g/mol. The largest absolute Gasteiger partial charge is 0.328 e. The average molecular weight is 169 g/mol. The summed E-state index contributed by atoms with van der Waals surface area (Å²) in [6.45, 7) is 2.02. The van der Waals surface area contributed by atoms with Crippen molar-refractivity contribution in [3.05, 3.63) is 35.9 Å². The highest BCUT2D eigenvalue weighted by Gasteiger charge is 1.94. The van der Waals surface area contributed by atoms with Gasteiger partial charge < -0.3 is 5.73 Å². The molecule has 0 saturated carbocycles. The summed E-state index contributed by atoms with van der Waals surface area (Å²) in [5.74, 6) is 0. The van der Waals surface area contributed by atoms with Crippen LogP contribution in [0.25, 0.3) is 0 Å². The van der Waals surface area contributed by atoms with Crippen LogP contribution in [0.15, 0.2) is 30.3 Å². The molecule has 0 aliphatic rings. The van der Waals surface area contributed by atoms with Crippen LogP contribution in [0.1, 0.15) is 12.5 Å². The van der Waals surface area contributed by atoms with Crippen molar-refractivity contribution in [1.82, 2.24) is 0 Å². The maximum atomic E-state index is 5.62. The molecule has 0 heterocycles. The molecule has 0 aliphatic heterocycles. The SMILES string of the molecule is CC(N)Cc1ccccc1.S. The normalized spacial score (nSPS) is 11.8. The van der Waals surface area contributed by atoms with E-state index in [-0.39, 0.29) is 19.5 Å². The molecule has 0 saturated heterocycles. The second-order valence-electron chi connectivity index (χ2n) is 2.67. The number of hydrogen-bond donors (Lipinski definition) is 1. The summed E-state index contributed by atoms with van der Waals surface area (Å²) in [5.41, 5.74) is 6.94. The lowest BCUT2D eigenvalue weighted by Gasteiger charge is -2.02. The molecular formula is C9H15NS. The fourth-order valence-electron chi connectivity index (χ4n) is 0.986. The Labute approximate surface area is 75.1 Å². The van der Waals surface area contributed by atoms with Gasteiger partial charge in [0.15, 0.2) is 0 Å². The Morgan fingerprint density at radius 3 is 2.27 bits per heavy atom. The first-order valence-electron chi connectivity index (χ1n) is 3.58. The zero-order valence-electron chi connectivity index (χ0n) is 6.75. The summed E-state index contributed by atoms with van der Waals surface area (Å²) in [7, 11) is 0. The molecule has 62 valence electrons. The van der Waals surface area contributed by atoms with Crippen LogP contribution in [0.2, 0.25) is 0 Å². The predicted molar refractivity (Wildman–Crippen MR) is 54.2 cm³/mol. The Balaban J connectivity index is 0.000001000. The maximum absolute atomic E-state index is 5.62. The highest BCUT2D eigenvalue weighted by atomic mass is 32.1. The van der Waals surface area contributed by atoms with E-state index in [9.17, 15) is 0 Å². The highest BCUT2D eigenvalue weighted by Crippen LogP contribution is 2.00. The first-order valence-corrected chi connectivity index (χ1v) is 3.58. The lowest BCUT2D eigenvalue weighted by atomic mass is 10.1. The van der Waals surface area contributed by atoms with Gasteiger partial charge in [0.2, 0.25) is 0 Å². The van der Waals surface area contributed by atoms with Crippen LogP contribution in [0.5, 0.6) is 0 Å². The Morgan fingerprint density at radius 2 is 1.82 bits per heavy atom. The van der Waals surface area contributed by atoms with Gasteiger partial charge in [-0.1, -0.05) is 30.3 Å². The fourth-order valence-corrected chi connectivity index (χ4v) is 0.986. The minimum absolute atomic E-state index is 0. The third kappa shape index (κ3) is 4.06. The van der Waals surface area contributed by atoms with Crippen LogP contribution in [0.3, 0.4) is 0 Å².